The lowest BCUT2D eigenvalue weighted by molar-refractivity contribution is -0.148. The Bertz CT molecular complexity index is 524. The minimum atomic E-state index is -4.23. The fourth-order valence-electron chi connectivity index (χ4n) is 2.32. The van der Waals surface area contributed by atoms with Crippen molar-refractivity contribution in [3.8, 4) is 5.75 Å². The maximum Gasteiger partial charge on any atom is 0.401 e. The molecule has 0 saturated heterocycles. The van der Waals surface area contributed by atoms with Crippen LogP contribution in [0.5, 0.6) is 5.75 Å². The fraction of sp³-hybridized carbons (Fsp3) is 0.533. The first-order valence-electron chi connectivity index (χ1n) is 6.79. The summed E-state index contributed by atoms with van der Waals surface area (Å²) in [6.45, 7) is 0.625. The maximum absolute atomic E-state index is 12.7. The molecule has 6 heteroatoms. The molecule has 1 saturated carbocycles. The first kappa shape index (κ1) is 15.8. The lowest BCUT2D eigenvalue weighted by atomic mass is 10.1. The number of ketones is 1. The average Bonchev–Trinajstić information content (AvgIpc) is 3.20. The molecule has 1 aromatic carbocycles. The topological polar surface area (TPSA) is 29.5 Å². The van der Waals surface area contributed by atoms with Crippen molar-refractivity contribution in [3.05, 3.63) is 29.3 Å². The van der Waals surface area contributed by atoms with E-state index in [1.54, 1.807) is 18.2 Å². The molecule has 0 unspecified atom stereocenters. The number of alkyl halides is 3. The normalized spacial score (nSPS) is 15.3. The molecule has 1 aliphatic rings. The van der Waals surface area contributed by atoms with Crippen molar-refractivity contribution in [2.24, 2.45) is 0 Å². The monoisotopic (exact) mass is 301 g/mol. The number of carbonyl (C=O) groups is 1. The number of ether oxygens (including phenoxy) is 1. The van der Waals surface area contributed by atoms with Gasteiger partial charge in [0.1, 0.15) is 5.75 Å². The van der Waals surface area contributed by atoms with Crippen LogP contribution in [0.2, 0.25) is 0 Å². The molecule has 0 heterocycles. The Kier molecular flexibility index (Phi) is 4.56. The van der Waals surface area contributed by atoms with E-state index < -0.39 is 12.7 Å². The lowest BCUT2D eigenvalue weighted by Gasteiger charge is -2.24. The van der Waals surface area contributed by atoms with E-state index in [9.17, 15) is 18.0 Å². The second kappa shape index (κ2) is 6.05. The van der Waals surface area contributed by atoms with Crippen LogP contribution in [-0.4, -0.2) is 36.6 Å². The van der Waals surface area contributed by atoms with E-state index >= 15 is 0 Å². The minimum Gasteiger partial charge on any atom is -0.496 e. The zero-order chi connectivity index (χ0) is 15.6. The summed E-state index contributed by atoms with van der Waals surface area (Å²) < 4.78 is 43.2. The first-order chi connectivity index (χ1) is 9.80. The Morgan fingerprint density at radius 3 is 2.52 bits per heavy atom. The third-order valence-electron chi connectivity index (χ3n) is 3.51. The summed E-state index contributed by atoms with van der Waals surface area (Å²) in [7, 11) is 1.47. The highest BCUT2D eigenvalue weighted by atomic mass is 19.4. The molecule has 1 aromatic rings. The van der Waals surface area contributed by atoms with Crippen molar-refractivity contribution in [1.29, 1.82) is 0 Å². The highest BCUT2D eigenvalue weighted by molar-refractivity contribution is 5.94. The smallest absolute Gasteiger partial charge is 0.401 e. The van der Waals surface area contributed by atoms with Crippen molar-refractivity contribution in [2.75, 3.05) is 13.7 Å². The third kappa shape index (κ3) is 4.46. The number of halogens is 3. The van der Waals surface area contributed by atoms with E-state index in [2.05, 4.69) is 0 Å². The SMILES string of the molecule is COc1ccc(C(C)=O)cc1CN(CC(F)(F)F)C1CC1. The molecule has 116 valence electrons. The predicted octanol–water partition coefficient (Wildman–Crippen LogP) is 3.42. The summed E-state index contributed by atoms with van der Waals surface area (Å²) in [6.07, 6.45) is -2.66. The second-order valence-electron chi connectivity index (χ2n) is 5.33. The number of hydrogen-bond acceptors (Lipinski definition) is 3. The molecule has 2 rings (SSSR count). The van der Waals surface area contributed by atoms with Crippen molar-refractivity contribution in [1.82, 2.24) is 4.90 Å². The summed E-state index contributed by atoms with van der Waals surface area (Å²) in [5, 5.41) is 0. The number of Topliss-reactive ketones (excluding diaryl/α,β-unsaturated/α-hetero) is 1. The van der Waals surface area contributed by atoms with Crippen LogP contribution in [0.15, 0.2) is 18.2 Å². The van der Waals surface area contributed by atoms with Gasteiger partial charge >= 0.3 is 6.18 Å². The van der Waals surface area contributed by atoms with Crippen LogP contribution in [0.25, 0.3) is 0 Å². The highest BCUT2D eigenvalue weighted by Crippen LogP contribution is 2.33. The van der Waals surface area contributed by atoms with Gasteiger partial charge in [-0.1, -0.05) is 0 Å². The summed E-state index contributed by atoms with van der Waals surface area (Å²) in [6, 6.07) is 4.84. The summed E-state index contributed by atoms with van der Waals surface area (Å²) in [5.41, 5.74) is 1.09. The van der Waals surface area contributed by atoms with Gasteiger partial charge in [-0.2, -0.15) is 13.2 Å². The van der Waals surface area contributed by atoms with Crippen LogP contribution in [0.4, 0.5) is 13.2 Å². The Morgan fingerprint density at radius 2 is 2.05 bits per heavy atom. The zero-order valence-electron chi connectivity index (χ0n) is 12.0. The van der Waals surface area contributed by atoms with E-state index in [-0.39, 0.29) is 18.4 Å². The summed E-state index contributed by atoms with van der Waals surface area (Å²) in [5.74, 6) is 0.389. The Labute approximate surface area is 121 Å². The predicted molar refractivity (Wildman–Crippen MR) is 72.5 cm³/mol. The van der Waals surface area contributed by atoms with E-state index in [4.69, 9.17) is 4.74 Å². The van der Waals surface area contributed by atoms with Crippen molar-refractivity contribution < 1.29 is 22.7 Å². The molecule has 0 spiro atoms. The fourth-order valence-corrected chi connectivity index (χ4v) is 2.32. The highest BCUT2D eigenvalue weighted by Gasteiger charge is 2.38. The Hall–Kier alpha value is -1.56. The lowest BCUT2D eigenvalue weighted by Crippen LogP contribution is -2.35. The molecule has 21 heavy (non-hydrogen) atoms. The van der Waals surface area contributed by atoms with Gasteiger partial charge in [-0.15, -0.1) is 0 Å². The van der Waals surface area contributed by atoms with E-state index in [1.807, 2.05) is 0 Å². The standard InChI is InChI=1S/C15H18F3NO2/c1-10(20)11-3-6-14(21-2)12(7-11)8-19(13-4-5-13)9-15(16,17)18/h3,6-7,13H,4-5,8-9H2,1-2H3. The van der Waals surface area contributed by atoms with E-state index in [0.717, 1.165) is 12.8 Å². The van der Waals surface area contributed by atoms with Crippen LogP contribution in [0.3, 0.4) is 0 Å². The summed E-state index contributed by atoms with van der Waals surface area (Å²) in [4.78, 5) is 12.8. The van der Waals surface area contributed by atoms with Gasteiger partial charge in [0.25, 0.3) is 0 Å². The zero-order valence-corrected chi connectivity index (χ0v) is 12.0. The maximum atomic E-state index is 12.7. The number of nitrogens with zero attached hydrogens (tertiary/aromatic N) is 1. The number of rotatable bonds is 6. The molecule has 0 N–H and O–H groups in total. The molecule has 0 aromatic heterocycles. The Morgan fingerprint density at radius 1 is 1.38 bits per heavy atom. The van der Waals surface area contributed by atoms with Crippen molar-refractivity contribution in [2.45, 2.75) is 38.5 Å². The number of methoxy groups -OCH3 is 1. The van der Waals surface area contributed by atoms with Gasteiger partial charge in [-0.3, -0.25) is 9.69 Å². The van der Waals surface area contributed by atoms with Gasteiger partial charge in [0.05, 0.1) is 13.7 Å². The Balaban J connectivity index is 2.22. The van der Waals surface area contributed by atoms with Gasteiger partial charge in [0.2, 0.25) is 0 Å². The number of benzene rings is 1. The molecule has 0 amide bonds. The quantitative estimate of drug-likeness (QED) is 0.754. The van der Waals surface area contributed by atoms with Gasteiger partial charge < -0.3 is 4.74 Å². The molecular weight excluding hydrogens is 283 g/mol. The van der Waals surface area contributed by atoms with Gasteiger partial charge in [-0.25, -0.2) is 0 Å². The van der Waals surface area contributed by atoms with Gasteiger partial charge in [0.15, 0.2) is 5.78 Å². The van der Waals surface area contributed by atoms with Crippen LogP contribution in [-0.2, 0) is 6.54 Å². The molecule has 0 atom stereocenters. The molecule has 0 radical (unpaired) electrons. The average molecular weight is 301 g/mol. The third-order valence-corrected chi connectivity index (χ3v) is 3.51. The minimum absolute atomic E-state index is 0.0303. The molecule has 0 bridgehead atoms. The van der Waals surface area contributed by atoms with Crippen LogP contribution >= 0.6 is 0 Å². The van der Waals surface area contributed by atoms with E-state index in [1.165, 1.54) is 18.9 Å². The second-order valence-corrected chi connectivity index (χ2v) is 5.33. The van der Waals surface area contributed by atoms with Crippen molar-refractivity contribution >= 4 is 5.78 Å². The van der Waals surface area contributed by atoms with Crippen molar-refractivity contribution in [3.63, 3.8) is 0 Å². The molecular formula is C15H18F3NO2. The molecule has 1 fully saturated rings. The number of carbonyl (C=O) groups excluding carboxylic acids is 1. The first-order valence-corrected chi connectivity index (χ1v) is 6.79. The van der Waals surface area contributed by atoms with Crippen LogP contribution in [0, 0.1) is 0 Å². The van der Waals surface area contributed by atoms with E-state index in [0.29, 0.717) is 16.9 Å². The molecule has 0 aliphatic heterocycles. The van der Waals surface area contributed by atoms with Crippen LogP contribution in [0.1, 0.15) is 35.7 Å². The largest absolute Gasteiger partial charge is 0.496 e. The van der Waals surface area contributed by atoms with Crippen LogP contribution < -0.4 is 4.74 Å². The molecule has 3 nitrogen and oxygen atoms in total. The van der Waals surface area contributed by atoms with Gasteiger partial charge in [-0.05, 0) is 38.0 Å². The summed E-state index contributed by atoms with van der Waals surface area (Å²) >= 11 is 0. The van der Waals surface area contributed by atoms with Gasteiger partial charge in [0, 0.05) is 23.7 Å². The molecule has 1 aliphatic carbocycles. The number of hydrogen-bond donors (Lipinski definition) is 0.